The van der Waals surface area contributed by atoms with Crippen LogP contribution in [-0.2, 0) is 14.6 Å². The monoisotopic (exact) mass is 376 g/mol. The summed E-state index contributed by atoms with van der Waals surface area (Å²) >= 11 is 0. The van der Waals surface area contributed by atoms with Crippen molar-refractivity contribution in [3.63, 3.8) is 0 Å². The van der Waals surface area contributed by atoms with E-state index < -0.39 is 15.9 Å². The molecule has 26 heavy (non-hydrogen) atoms. The molecule has 0 saturated heterocycles. The van der Waals surface area contributed by atoms with Crippen molar-refractivity contribution < 1.29 is 27.4 Å². The van der Waals surface area contributed by atoms with Gasteiger partial charge in [0.05, 0.1) is 37.7 Å². The maximum absolute atomic E-state index is 12.7. The minimum Gasteiger partial charge on any atom is -0.493 e. The Morgan fingerprint density at radius 2 is 1.58 bits per heavy atom. The van der Waals surface area contributed by atoms with Crippen LogP contribution in [0, 0.1) is 0 Å². The third kappa shape index (κ3) is 3.27. The molecule has 0 spiro atoms. The number of hydrogen-bond donors (Lipinski definition) is 0. The van der Waals surface area contributed by atoms with Crippen LogP contribution in [0.3, 0.4) is 0 Å². The van der Waals surface area contributed by atoms with Crippen molar-refractivity contribution in [2.75, 3.05) is 27.9 Å². The van der Waals surface area contributed by atoms with Gasteiger partial charge < -0.3 is 18.9 Å². The van der Waals surface area contributed by atoms with E-state index in [1.54, 1.807) is 48.5 Å². The Bertz CT molecular complexity index is 893. The predicted octanol–water partition coefficient (Wildman–Crippen LogP) is 3.14. The van der Waals surface area contributed by atoms with Gasteiger partial charge in [0.15, 0.2) is 11.5 Å². The van der Waals surface area contributed by atoms with Crippen LogP contribution in [-0.4, -0.2) is 36.4 Å². The molecule has 138 valence electrons. The second-order valence-corrected chi connectivity index (χ2v) is 7.64. The average molecular weight is 376 g/mol. The van der Waals surface area contributed by atoms with Crippen molar-refractivity contribution in [1.29, 1.82) is 0 Å². The van der Waals surface area contributed by atoms with E-state index in [0.717, 1.165) is 5.56 Å². The van der Waals surface area contributed by atoms with Crippen LogP contribution in [0.15, 0.2) is 58.3 Å². The Morgan fingerprint density at radius 1 is 0.962 bits per heavy atom. The smallest absolute Gasteiger partial charge is 0.204 e. The molecule has 1 heterocycles. The van der Waals surface area contributed by atoms with Crippen molar-refractivity contribution in [1.82, 2.24) is 0 Å². The maximum Gasteiger partial charge on any atom is 0.204 e. The fourth-order valence-electron chi connectivity index (χ4n) is 2.81. The van der Waals surface area contributed by atoms with E-state index in [0.29, 0.717) is 17.2 Å². The third-order valence-corrected chi connectivity index (χ3v) is 5.99. The van der Waals surface area contributed by atoms with Gasteiger partial charge in [-0.1, -0.05) is 18.2 Å². The van der Waals surface area contributed by atoms with E-state index in [9.17, 15) is 8.42 Å². The number of rotatable bonds is 6. The second kappa shape index (κ2) is 7.39. The van der Waals surface area contributed by atoms with Crippen LogP contribution in [0.2, 0.25) is 0 Å². The fraction of sp³-hybridized carbons (Fsp3) is 0.263. The van der Waals surface area contributed by atoms with Crippen LogP contribution in [0.1, 0.15) is 11.7 Å². The maximum atomic E-state index is 12.7. The molecule has 1 aliphatic rings. The molecule has 0 bridgehead atoms. The highest BCUT2D eigenvalue weighted by Crippen LogP contribution is 2.42. The summed E-state index contributed by atoms with van der Waals surface area (Å²) in [6, 6.07) is 11.8. The molecule has 2 aromatic carbocycles. The topological polar surface area (TPSA) is 71.1 Å². The number of sulfone groups is 1. The van der Waals surface area contributed by atoms with E-state index >= 15 is 0 Å². The lowest BCUT2D eigenvalue weighted by Gasteiger charge is -2.16. The fourth-order valence-corrected chi connectivity index (χ4v) is 4.16. The molecule has 2 aromatic rings. The van der Waals surface area contributed by atoms with Crippen LogP contribution < -0.4 is 14.2 Å². The molecule has 0 saturated carbocycles. The van der Waals surface area contributed by atoms with E-state index in [4.69, 9.17) is 18.9 Å². The van der Waals surface area contributed by atoms with Gasteiger partial charge in [0, 0.05) is 0 Å². The standard InChI is InChI=1S/C19H20O6S/c1-22-17-9-13(10-18(23-2)19(17)24-3)16-11-15(12-25-16)26(20,21)14-7-5-4-6-8-14/h4-11,16H,12H2,1-3H3. The Kier molecular flexibility index (Phi) is 5.20. The molecule has 0 amide bonds. The highest BCUT2D eigenvalue weighted by Gasteiger charge is 2.29. The Labute approximate surface area is 152 Å². The summed E-state index contributed by atoms with van der Waals surface area (Å²) in [4.78, 5) is 0.489. The molecule has 0 fully saturated rings. The first kappa shape index (κ1) is 18.3. The summed E-state index contributed by atoms with van der Waals surface area (Å²) in [5.74, 6) is 1.44. The van der Waals surface area contributed by atoms with Gasteiger partial charge in [-0.15, -0.1) is 0 Å². The van der Waals surface area contributed by atoms with Crippen LogP contribution >= 0.6 is 0 Å². The zero-order chi connectivity index (χ0) is 18.7. The van der Waals surface area contributed by atoms with Crippen LogP contribution in [0.4, 0.5) is 0 Å². The van der Waals surface area contributed by atoms with Gasteiger partial charge in [-0.3, -0.25) is 0 Å². The summed E-state index contributed by atoms with van der Waals surface area (Å²) in [5.41, 5.74) is 0.720. The van der Waals surface area contributed by atoms with E-state index in [1.807, 2.05) is 0 Å². The molecule has 0 aromatic heterocycles. The molecule has 0 aliphatic carbocycles. The highest BCUT2D eigenvalue weighted by atomic mass is 32.2. The summed E-state index contributed by atoms with van der Waals surface area (Å²) < 4.78 is 47.2. The molecule has 0 radical (unpaired) electrons. The summed E-state index contributed by atoms with van der Waals surface area (Å²) in [7, 11) is 1.00. The first-order valence-electron chi connectivity index (χ1n) is 7.93. The van der Waals surface area contributed by atoms with Gasteiger partial charge in [-0.2, -0.15) is 0 Å². The molecule has 3 rings (SSSR count). The molecular weight excluding hydrogens is 356 g/mol. The molecule has 1 unspecified atom stereocenters. The summed E-state index contributed by atoms with van der Waals surface area (Å²) in [5, 5.41) is 0. The Hall–Kier alpha value is -2.51. The molecular formula is C19H20O6S. The van der Waals surface area contributed by atoms with E-state index in [-0.39, 0.29) is 16.4 Å². The lowest BCUT2D eigenvalue weighted by atomic mass is 10.1. The van der Waals surface area contributed by atoms with E-state index in [2.05, 4.69) is 0 Å². The quantitative estimate of drug-likeness (QED) is 0.771. The number of methoxy groups -OCH3 is 3. The van der Waals surface area contributed by atoms with Crippen molar-refractivity contribution in [3.05, 3.63) is 59.0 Å². The molecule has 6 nitrogen and oxygen atoms in total. The third-order valence-electron chi connectivity index (χ3n) is 4.16. The average Bonchev–Trinajstić information content (AvgIpc) is 3.18. The number of hydrogen-bond acceptors (Lipinski definition) is 6. The lowest BCUT2D eigenvalue weighted by Crippen LogP contribution is -2.06. The van der Waals surface area contributed by atoms with Crippen LogP contribution in [0.25, 0.3) is 0 Å². The Morgan fingerprint density at radius 3 is 2.12 bits per heavy atom. The van der Waals surface area contributed by atoms with Gasteiger partial charge in [0.1, 0.15) is 6.10 Å². The normalized spacial score (nSPS) is 16.9. The minimum atomic E-state index is -3.57. The second-order valence-electron chi connectivity index (χ2n) is 5.64. The van der Waals surface area contributed by atoms with Crippen molar-refractivity contribution in [3.8, 4) is 17.2 Å². The zero-order valence-electron chi connectivity index (χ0n) is 14.8. The van der Waals surface area contributed by atoms with Crippen molar-refractivity contribution >= 4 is 9.84 Å². The predicted molar refractivity (Wildman–Crippen MR) is 96.5 cm³/mol. The van der Waals surface area contributed by atoms with Gasteiger partial charge in [0.2, 0.25) is 15.6 Å². The van der Waals surface area contributed by atoms with Crippen molar-refractivity contribution in [2.45, 2.75) is 11.0 Å². The van der Waals surface area contributed by atoms with Crippen molar-refractivity contribution in [2.24, 2.45) is 0 Å². The lowest BCUT2D eigenvalue weighted by molar-refractivity contribution is 0.127. The van der Waals surface area contributed by atoms with Gasteiger partial charge in [-0.05, 0) is 35.9 Å². The van der Waals surface area contributed by atoms with E-state index in [1.165, 1.54) is 21.3 Å². The number of ether oxygens (including phenoxy) is 4. The first-order chi connectivity index (χ1) is 12.5. The largest absolute Gasteiger partial charge is 0.493 e. The summed E-state index contributed by atoms with van der Waals surface area (Å²) in [6.45, 7) is 0.0125. The SMILES string of the molecule is COc1cc(C2C=C(S(=O)(=O)c3ccccc3)CO2)cc(OC)c1OC. The minimum absolute atomic E-state index is 0.0125. The van der Waals surface area contributed by atoms with Gasteiger partial charge in [0.25, 0.3) is 0 Å². The van der Waals surface area contributed by atoms with Crippen LogP contribution in [0.5, 0.6) is 17.2 Å². The molecule has 7 heteroatoms. The number of benzene rings is 2. The molecule has 1 aliphatic heterocycles. The molecule has 0 N–H and O–H groups in total. The molecule has 1 atom stereocenters. The first-order valence-corrected chi connectivity index (χ1v) is 9.42. The zero-order valence-corrected chi connectivity index (χ0v) is 15.6. The summed E-state index contributed by atoms with van der Waals surface area (Å²) in [6.07, 6.45) is 1.10. The van der Waals surface area contributed by atoms with Gasteiger partial charge >= 0.3 is 0 Å². The Balaban J connectivity index is 1.98. The highest BCUT2D eigenvalue weighted by molar-refractivity contribution is 7.95. The van der Waals surface area contributed by atoms with Gasteiger partial charge in [-0.25, -0.2) is 8.42 Å².